The van der Waals surface area contributed by atoms with Crippen LogP contribution in [0.1, 0.15) is 68.8 Å². The van der Waals surface area contributed by atoms with Crippen LogP contribution in [0.3, 0.4) is 0 Å². The summed E-state index contributed by atoms with van der Waals surface area (Å²) in [7, 11) is 0. The lowest BCUT2D eigenvalue weighted by molar-refractivity contribution is 0.0505. The molecule has 0 saturated heterocycles. The topological polar surface area (TPSA) is 57.0 Å². The van der Waals surface area contributed by atoms with Gasteiger partial charge in [-0.3, -0.25) is 0 Å². The first-order valence-electron chi connectivity index (χ1n) is 7.27. The van der Waals surface area contributed by atoms with Gasteiger partial charge in [-0.2, -0.15) is 0 Å². The Balaban J connectivity index is 2.44. The van der Waals surface area contributed by atoms with Crippen LogP contribution in [0.25, 0.3) is 0 Å². The molecule has 108 valence electrons. The normalized spacial score (nSPS) is 10.7. The fourth-order valence-corrected chi connectivity index (χ4v) is 2.05. The molecule has 0 atom stereocenters. The molecule has 0 aliphatic rings. The van der Waals surface area contributed by atoms with E-state index in [1.807, 2.05) is 11.5 Å². The summed E-state index contributed by atoms with van der Waals surface area (Å²) in [5, 5.41) is 7.86. The van der Waals surface area contributed by atoms with E-state index in [0.29, 0.717) is 12.4 Å². The van der Waals surface area contributed by atoms with Gasteiger partial charge in [-0.15, -0.1) is 10.2 Å². The van der Waals surface area contributed by atoms with Crippen molar-refractivity contribution in [2.24, 2.45) is 0 Å². The first kappa shape index (κ1) is 15.7. The molecular weight excluding hydrogens is 242 g/mol. The maximum Gasteiger partial charge on any atom is 0.376 e. The van der Waals surface area contributed by atoms with E-state index in [1.165, 1.54) is 32.1 Å². The average molecular weight is 267 g/mol. The molecule has 0 saturated carbocycles. The third-order valence-electron chi connectivity index (χ3n) is 3.13. The molecule has 5 heteroatoms. The van der Waals surface area contributed by atoms with Crippen molar-refractivity contribution in [3.05, 3.63) is 11.6 Å². The maximum absolute atomic E-state index is 11.7. The Morgan fingerprint density at radius 3 is 2.47 bits per heavy atom. The Kier molecular flexibility index (Phi) is 7.15. The number of aryl methyl sites for hydroxylation is 1. The van der Waals surface area contributed by atoms with Crippen molar-refractivity contribution in [1.82, 2.24) is 14.8 Å². The lowest BCUT2D eigenvalue weighted by Gasteiger charge is -2.07. The summed E-state index contributed by atoms with van der Waals surface area (Å²) in [5.41, 5.74) is 0. The van der Waals surface area contributed by atoms with Crippen molar-refractivity contribution in [1.29, 1.82) is 0 Å². The van der Waals surface area contributed by atoms with E-state index in [0.717, 1.165) is 18.8 Å². The molecular formula is C14H25N3O2. The predicted molar refractivity (Wildman–Crippen MR) is 74.1 cm³/mol. The van der Waals surface area contributed by atoms with Crippen LogP contribution in [0, 0.1) is 6.92 Å². The standard InChI is InChI=1S/C14H25N3O2/c1-4-6-7-8-9-10-11-17-12(3)15-16-13(17)14(18)19-5-2/h4-11H2,1-3H3. The van der Waals surface area contributed by atoms with Crippen LogP contribution in [0.2, 0.25) is 0 Å². The predicted octanol–water partition coefficient (Wildman–Crippen LogP) is 3.12. The number of hydrogen-bond acceptors (Lipinski definition) is 4. The van der Waals surface area contributed by atoms with Gasteiger partial charge in [-0.25, -0.2) is 4.79 Å². The minimum absolute atomic E-state index is 0.327. The summed E-state index contributed by atoms with van der Waals surface area (Å²) >= 11 is 0. The number of aromatic nitrogens is 3. The maximum atomic E-state index is 11.7. The van der Waals surface area contributed by atoms with Crippen LogP contribution in [-0.2, 0) is 11.3 Å². The van der Waals surface area contributed by atoms with Gasteiger partial charge in [0, 0.05) is 6.54 Å². The molecule has 1 rings (SSSR count). The molecule has 1 aromatic heterocycles. The highest BCUT2D eigenvalue weighted by Crippen LogP contribution is 2.09. The zero-order valence-corrected chi connectivity index (χ0v) is 12.3. The third-order valence-corrected chi connectivity index (χ3v) is 3.13. The van der Waals surface area contributed by atoms with Gasteiger partial charge in [0.25, 0.3) is 0 Å². The smallest absolute Gasteiger partial charge is 0.376 e. The Morgan fingerprint density at radius 2 is 1.79 bits per heavy atom. The van der Waals surface area contributed by atoms with E-state index in [9.17, 15) is 4.79 Å². The molecule has 0 N–H and O–H groups in total. The molecule has 0 aliphatic carbocycles. The molecule has 0 bridgehead atoms. The van der Waals surface area contributed by atoms with Crippen LogP contribution < -0.4 is 0 Å². The van der Waals surface area contributed by atoms with Crippen LogP contribution in [0.4, 0.5) is 0 Å². The average Bonchev–Trinajstić information content (AvgIpc) is 2.76. The van der Waals surface area contributed by atoms with Crippen LogP contribution in [0.5, 0.6) is 0 Å². The SMILES string of the molecule is CCCCCCCCn1c(C)nnc1C(=O)OCC. The molecule has 0 amide bonds. The van der Waals surface area contributed by atoms with E-state index in [2.05, 4.69) is 17.1 Å². The Morgan fingerprint density at radius 1 is 1.11 bits per heavy atom. The molecule has 1 aromatic rings. The molecule has 0 aliphatic heterocycles. The van der Waals surface area contributed by atoms with E-state index in [1.54, 1.807) is 6.92 Å². The molecule has 19 heavy (non-hydrogen) atoms. The summed E-state index contributed by atoms with van der Waals surface area (Å²) in [4.78, 5) is 11.7. The summed E-state index contributed by atoms with van der Waals surface area (Å²) in [6.07, 6.45) is 7.35. The monoisotopic (exact) mass is 267 g/mol. The number of hydrogen-bond donors (Lipinski definition) is 0. The molecule has 5 nitrogen and oxygen atoms in total. The third kappa shape index (κ3) is 5.01. The molecule has 0 spiro atoms. The van der Waals surface area contributed by atoms with Crippen molar-refractivity contribution < 1.29 is 9.53 Å². The Labute approximate surface area is 115 Å². The summed E-state index contributed by atoms with van der Waals surface area (Å²) < 4.78 is 6.84. The van der Waals surface area contributed by atoms with Crippen molar-refractivity contribution in [2.75, 3.05) is 6.61 Å². The van der Waals surface area contributed by atoms with E-state index in [4.69, 9.17) is 4.74 Å². The zero-order chi connectivity index (χ0) is 14.1. The lowest BCUT2D eigenvalue weighted by atomic mass is 10.1. The van der Waals surface area contributed by atoms with Crippen molar-refractivity contribution in [3.63, 3.8) is 0 Å². The highest BCUT2D eigenvalue weighted by molar-refractivity contribution is 5.85. The molecule has 0 radical (unpaired) electrons. The van der Waals surface area contributed by atoms with Gasteiger partial charge >= 0.3 is 5.97 Å². The van der Waals surface area contributed by atoms with Crippen LogP contribution in [0.15, 0.2) is 0 Å². The number of carbonyl (C=O) groups excluding carboxylic acids is 1. The van der Waals surface area contributed by atoms with Crippen LogP contribution >= 0.6 is 0 Å². The summed E-state index contributed by atoms with van der Waals surface area (Å²) in [5.74, 6) is 0.721. The van der Waals surface area contributed by atoms with Gasteiger partial charge in [0.15, 0.2) is 0 Å². The number of esters is 1. The molecule has 0 fully saturated rings. The van der Waals surface area contributed by atoms with Gasteiger partial charge in [0.1, 0.15) is 5.82 Å². The quantitative estimate of drug-likeness (QED) is 0.509. The summed E-state index contributed by atoms with van der Waals surface area (Å²) in [6, 6.07) is 0. The largest absolute Gasteiger partial charge is 0.460 e. The van der Waals surface area contributed by atoms with Crippen molar-refractivity contribution in [3.8, 4) is 0 Å². The fraction of sp³-hybridized carbons (Fsp3) is 0.786. The highest BCUT2D eigenvalue weighted by Gasteiger charge is 2.17. The number of carbonyl (C=O) groups is 1. The van der Waals surface area contributed by atoms with Gasteiger partial charge in [0.2, 0.25) is 5.82 Å². The molecule has 1 heterocycles. The first-order chi connectivity index (χ1) is 9.20. The van der Waals surface area contributed by atoms with Crippen LogP contribution in [-0.4, -0.2) is 27.3 Å². The number of unbranched alkanes of at least 4 members (excludes halogenated alkanes) is 5. The van der Waals surface area contributed by atoms with E-state index in [-0.39, 0.29) is 5.97 Å². The lowest BCUT2D eigenvalue weighted by Crippen LogP contribution is -2.14. The zero-order valence-electron chi connectivity index (χ0n) is 12.3. The second kappa shape index (κ2) is 8.67. The minimum atomic E-state index is -0.380. The van der Waals surface area contributed by atoms with Gasteiger partial charge in [-0.05, 0) is 20.3 Å². The van der Waals surface area contributed by atoms with Crippen molar-refractivity contribution >= 4 is 5.97 Å². The number of nitrogens with zero attached hydrogens (tertiary/aromatic N) is 3. The van der Waals surface area contributed by atoms with E-state index >= 15 is 0 Å². The molecule has 0 aromatic carbocycles. The Hall–Kier alpha value is -1.39. The number of rotatable bonds is 9. The second-order valence-electron chi connectivity index (χ2n) is 4.71. The van der Waals surface area contributed by atoms with Crippen molar-refractivity contribution in [2.45, 2.75) is 65.8 Å². The first-order valence-corrected chi connectivity index (χ1v) is 7.27. The summed E-state index contributed by atoms with van der Waals surface area (Å²) in [6.45, 7) is 7.03. The van der Waals surface area contributed by atoms with Gasteiger partial charge in [-0.1, -0.05) is 39.0 Å². The minimum Gasteiger partial charge on any atom is -0.460 e. The fourth-order valence-electron chi connectivity index (χ4n) is 2.05. The number of ether oxygens (including phenoxy) is 1. The van der Waals surface area contributed by atoms with Gasteiger partial charge < -0.3 is 9.30 Å². The van der Waals surface area contributed by atoms with E-state index < -0.39 is 0 Å². The second-order valence-corrected chi connectivity index (χ2v) is 4.71. The highest BCUT2D eigenvalue weighted by atomic mass is 16.5. The molecule has 0 unspecified atom stereocenters. The van der Waals surface area contributed by atoms with Gasteiger partial charge in [0.05, 0.1) is 6.61 Å². The Bertz CT molecular complexity index is 388.